The fourth-order valence-corrected chi connectivity index (χ4v) is 1.47. The summed E-state index contributed by atoms with van der Waals surface area (Å²) in [4.78, 5) is 11.5. The number of carbonyl (C=O) groups is 1. The first-order chi connectivity index (χ1) is 7.57. The molecular formula is C11H18O5. The molecule has 0 fully saturated rings. The van der Waals surface area contributed by atoms with Crippen LogP contribution in [0.25, 0.3) is 0 Å². The second-order valence-corrected chi connectivity index (χ2v) is 3.89. The molecule has 16 heavy (non-hydrogen) atoms. The number of Topliss-reactive ketones (excluding diaryl/α,β-unsaturated/α-hetero) is 1. The van der Waals surface area contributed by atoms with E-state index in [9.17, 15) is 20.1 Å². The van der Waals surface area contributed by atoms with Gasteiger partial charge in [0.25, 0.3) is 0 Å². The van der Waals surface area contributed by atoms with E-state index in [1.165, 1.54) is 6.08 Å². The monoisotopic (exact) mass is 230 g/mol. The van der Waals surface area contributed by atoms with Gasteiger partial charge in [0.05, 0.1) is 6.61 Å². The zero-order valence-electron chi connectivity index (χ0n) is 9.30. The summed E-state index contributed by atoms with van der Waals surface area (Å²) in [6.45, 7) is 2.63. The van der Waals surface area contributed by atoms with Crippen LogP contribution in [0.1, 0.15) is 19.8 Å². The summed E-state index contributed by atoms with van der Waals surface area (Å²) in [6.07, 6.45) is -1.06. The molecule has 0 amide bonds. The van der Waals surface area contributed by atoms with Crippen LogP contribution in [-0.2, 0) is 9.53 Å². The molecule has 0 spiro atoms. The van der Waals surface area contributed by atoms with Crippen LogP contribution in [-0.4, -0.2) is 52.6 Å². The molecule has 92 valence electrons. The van der Waals surface area contributed by atoms with Crippen molar-refractivity contribution < 1.29 is 24.9 Å². The van der Waals surface area contributed by atoms with Gasteiger partial charge in [-0.15, -0.1) is 0 Å². The van der Waals surface area contributed by atoms with E-state index in [0.29, 0.717) is 6.61 Å². The highest BCUT2D eigenvalue weighted by Crippen LogP contribution is 2.16. The fraction of sp³-hybridized carbons (Fsp3) is 0.727. The molecule has 1 aliphatic carbocycles. The number of hydrogen-bond acceptors (Lipinski definition) is 5. The Labute approximate surface area is 94.4 Å². The van der Waals surface area contributed by atoms with Crippen molar-refractivity contribution in [3.05, 3.63) is 11.6 Å². The van der Waals surface area contributed by atoms with E-state index < -0.39 is 24.1 Å². The first-order valence-corrected chi connectivity index (χ1v) is 5.44. The van der Waals surface area contributed by atoms with Crippen molar-refractivity contribution in [1.29, 1.82) is 0 Å². The van der Waals surface area contributed by atoms with Gasteiger partial charge in [-0.05, 0) is 12.5 Å². The SMILES string of the molecule is CCCCOCC1=C[C@@H](O)[C@@H](O)[C@H](O)C1=O. The van der Waals surface area contributed by atoms with Gasteiger partial charge in [-0.25, -0.2) is 0 Å². The van der Waals surface area contributed by atoms with E-state index in [1.807, 2.05) is 6.92 Å². The topological polar surface area (TPSA) is 87.0 Å². The molecule has 5 heteroatoms. The van der Waals surface area contributed by atoms with Crippen molar-refractivity contribution in [2.45, 2.75) is 38.1 Å². The van der Waals surface area contributed by atoms with Gasteiger partial charge in [-0.1, -0.05) is 13.3 Å². The largest absolute Gasteiger partial charge is 0.387 e. The van der Waals surface area contributed by atoms with E-state index in [2.05, 4.69) is 0 Å². The Kier molecular flexibility index (Phi) is 5.08. The van der Waals surface area contributed by atoms with E-state index >= 15 is 0 Å². The van der Waals surface area contributed by atoms with Gasteiger partial charge in [-0.2, -0.15) is 0 Å². The van der Waals surface area contributed by atoms with E-state index in [1.54, 1.807) is 0 Å². The third-order valence-electron chi connectivity index (χ3n) is 2.53. The van der Waals surface area contributed by atoms with Crippen LogP contribution in [0.3, 0.4) is 0 Å². The van der Waals surface area contributed by atoms with Crippen LogP contribution in [0.4, 0.5) is 0 Å². The van der Waals surface area contributed by atoms with Crippen LogP contribution in [0.5, 0.6) is 0 Å². The number of rotatable bonds is 5. The van der Waals surface area contributed by atoms with Crippen molar-refractivity contribution in [2.24, 2.45) is 0 Å². The van der Waals surface area contributed by atoms with Crippen LogP contribution in [0.15, 0.2) is 11.6 Å². The average molecular weight is 230 g/mol. The van der Waals surface area contributed by atoms with Gasteiger partial charge in [0.15, 0.2) is 5.78 Å². The number of carbonyl (C=O) groups excluding carboxylic acids is 1. The van der Waals surface area contributed by atoms with Crippen molar-refractivity contribution >= 4 is 5.78 Å². The number of aliphatic hydroxyl groups is 3. The van der Waals surface area contributed by atoms with Crippen LogP contribution in [0, 0.1) is 0 Å². The molecule has 0 aromatic heterocycles. The van der Waals surface area contributed by atoms with Gasteiger partial charge in [0.1, 0.15) is 18.3 Å². The van der Waals surface area contributed by atoms with Crippen molar-refractivity contribution in [3.8, 4) is 0 Å². The van der Waals surface area contributed by atoms with E-state index in [-0.39, 0.29) is 12.2 Å². The van der Waals surface area contributed by atoms with Crippen molar-refractivity contribution in [2.75, 3.05) is 13.2 Å². The van der Waals surface area contributed by atoms with Crippen LogP contribution < -0.4 is 0 Å². The maximum absolute atomic E-state index is 11.5. The normalized spacial score (nSPS) is 30.4. The highest BCUT2D eigenvalue weighted by Gasteiger charge is 2.35. The molecule has 0 aliphatic heterocycles. The summed E-state index contributed by atoms with van der Waals surface area (Å²) in [6, 6.07) is 0. The molecule has 0 aromatic carbocycles. The Morgan fingerprint density at radius 1 is 1.38 bits per heavy atom. The minimum absolute atomic E-state index is 0.0691. The predicted octanol–water partition coefficient (Wildman–Crippen LogP) is -0.605. The van der Waals surface area contributed by atoms with E-state index in [4.69, 9.17) is 4.74 Å². The van der Waals surface area contributed by atoms with Crippen LogP contribution >= 0.6 is 0 Å². The summed E-state index contributed by atoms with van der Waals surface area (Å²) in [5, 5.41) is 27.9. The molecule has 0 heterocycles. The molecule has 0 bridgehead atoms. The minimum atomic E-state index is -1.55. The highest BCUT2D eigenvalue weighted by atomic mass is 16.5. The third-order valence-corrected chi connectivity index (χ3v) is 2.53. The molecule has 0 aromatic rings. The molecule has 3 atom stereocenters. The van der Waals surface area contributed by atoms with Gasteiger partial charge in [-0.3, -0.25) is 4.79 Å². The number of ketones is 1. The average Bonchev–Trinajstić information content (AvgIpc) is 2.28. The second kappa shape index (κ2) is 6.10. The molecule has 3 N–H and O–H groups in total. The Morgan fingerprint density at radius 3 is 2.69 bits per heavy atom. The summed E-state index contributed by atoms with van der Waals surface area (Å²) in [5.74, 6) is -0.575. The Bertz CT molecular complexity index is 274. The van der Waals surface area contributed by atoms with Crippen molar-refractivity contribution in [1.82, 2.24) is 0 Å². The Morgan fingerprint density at radius 2 is 2.06 bits per heavy atom. The lowest BCUT2D eigenvalue weighted by atomic mass is 9.91. The lowest BCUT2D eigenvalue weighted by Crippen LogP contribution is -2.46. The lowest BCUT2D eigenvalue weighted by molar-refractivity contribution is -0.135. The maximum atomic E-state index is 11.5. The number of ether oxygens (including phenoxy) is 1. The lowest BCUT2D eigenvalue weighted by Gasteiger charge is -2.26. The highest BCUT2D eigenvalue weighted by molar-refractivity contribution is 6.00. The summed E-state index contributed by atoms with van der Waals surface area (Å²) in [5.41, 5.74) is 0.224. The molecule has 5 nitrogen and oxygen atoms in total. The molecule has 1 rings (SSSR count). The Hall–Kier alpha value is -0.750. The second-order valence-electron chi connectivity index (χ2n) is 3.89. The number of hydrogen-bond donors (Lipinski definition) is 3. The van der Waals surface area contributed by atoms with E-state index in [0.717, 1.165) is 12.8 Å². The first-order valence-electron chi connectivity index (χ1n) is 5.44. The summed E-state index contributed by atoms with van der Waals surface area (Å²) in [7, 11) is 0. The zero-order valence-corrected chi connectivity index (χ0v) is 9.30. The first kappa shape index (κ1) is 13.3. The van der Waals surface area contributed by atoms with Crippen molar-refractivity contribution in [3.63, 3.8) is 0 Å². The van der Waals surface area contributed by atoms with Gasteiger partial charge in [0, 0.05) is 12.2 Å². The zero-order chi connectivity index (χ0) is 12.1. The smallest absolute Gasteiger partial charge is 0.192 e. The van der Waals surface area contributed by atoms with Gasteiger partial charge < -0.3 is 20.1 Å². The third kappa shape index (κ3) is 3.12. The summed E-state index contributed by atoms with van der Waals surface area (Å²) < 4.78 is 5.22. The minimum Gasteiger partial charge on any atom is -0.387 e. The molecule has 0 saturated carbocycles. The molecule has 0 radical (unpaired) electrons. The molecule has 0 saturated heterocycles. The standard InChI is InChI=1S/C11H18O5/c1-2-3-4-16-6-7-5-8(12)10(14)11(15)9(7)13/h5,8,10-12,14-15H,2-4,6H2,1H3/t8-,10-,11-/m1/s1. The van der Waals surface area contributed by atoms with Gasteiger partial charge in [0.2, 0.25) is 0 Å². The molecule has 1 aliphatic rings. The van der Waals surface area contributed by atoms with Crippen LogP contribution in [0.2, 0.25) is 0 Å². The molecular weight excluding hydrogens is 212 g/mol. The fourth-order valence-electron chi connectivity index (χ4n) is 1.47. The maximum Gasteiger partial charge on any atom is 0.192 e. The Balaban J connectivity index is 2.52. The summed E-state index contributed by atoms with van der Waals surface area (Å²) >= 11 is 0. The van der Waals surface area contributed by atoms with Gasteiger partial charge >= 0.3 is 0 Å². The molecule has 0 unspecified atom stereocenters. The quantitative estimate of drug-likeness (QED) is 0.549. The number of unbranched alkanes of at least 4 members (excludes halogenated alkanes) is 1. The predicted molar refractivity (Wildman–Crippen MR) is 56.8 cm³/mol. The number of aliphatic hydroxyl groups excluding tert-OH is 3.